The number of fused-ring (bicyclic) bond motifs is 1. The van der Waals surface area contributed by atoms with Crippen LogP contribution in [0.25, 0.3) is 0 Å². The van der Waals surface area contributed by atoms with E-state index < -0.39 is 24.3 Å². The molecule has 2 heterocycles. The first-order chi connectivity index (χ1) is 14.9. The molecule has 7 nitrogen and oxygen atoms in total. The van der Waals surface area contributed by atoms with Crippen LogP contribution >= 0.6 is 0 Å². The summed E-state index contributed by atoms with van der Waals surface area (Å²) in [5.74, 6) is 0.220. The number of amides is 1. The number of aliphatic hydroxyl groups is 1. The first kappa shape index (κ1) is 21.3. The Labute approximate surface area is 178 Å². The lowest BCUT2D eigenvalue weighted by Crippen LogP contribution is -2.54. The number of para-hydroxylation sites is 2. The molecule has 1 aromatic carbocycles. The van der Waals surface area contributed by atoms with Crippen LogP contribution in [-0.4, -0.2) is 40.4 Å². The number of pyridine rings is 1. The van der Waals surface area contributed by atoms with E-state index in [1.54, 1.807) is 12.1 Å². The van der Waals surface area contributed by atoms with Crippen molar-refractivity contribution in [3.63, 3.8) is 0 Å². The van der Waals surface area contributed by atoms with Crippen LogP contribution in [0.1, 0.15) is 37.8 Å². The molecule has 1 aliphatic heterocycles. The Hall–Kier alpha value is -2.94. The highest BCUT2D eigenvalue weighted by molar-refractivity contribution is 5.83. The van der Waals surface area contributed by atoms with Gasteiger partial charge < -0.3 is 20.1 Å². The molecule has 166 valence electrons. The van der Waals surface area contributed by atoms with Gasteiger partial charge in [-0.05, 0) is 36.6 Å². The quantitative estimate of drug-likeness (QED) is 0.757. The summed E-state index contributed by atoms with van der Waals surface area (Å²) < 4.78 is 32.0. The number of rotatable bonds is 5. The van der Waals surface area contributed by atoms with Crippen molar-refractivity contribution in [3.05, 3.63) is 58.5 Å². The van der Waals surface area contributed by atoms with Crippen molar-refractivity contribution in [2.45, 2.75) is 57.0 Å². The van der Waals surface area contributed by atoms with E-state index in [4.69, 9.17) is 4.74 Å². The Morgan fingerprint density at radius 2 is 2.00 bits per heavy atom. The second-order valence-electron chi connectivity index (χ2n) is 7.98. The molecule has 31 heavy (non-hydrogen) atoms. The fraction of sp³-hybridized carbons (Fsp3) is 0.455. The Balaban J connectivity index is 1.52. The van der Waals surface area contributed by atoms with Gasteiger partial charge >= 0.3 is 6.55 Å². The molecule has 2 N–H and O–H groups in total. The number of benzene rings is 1. The standard InChI is InChI=1S/C22H25F2N3O4/c23-22(24)27-10-9-14(11-20(27)29)12-26-13-19(31-18-8-4-2-6-16(18)26)21(30)25-15-5-1-3-7-17(15)28/h2,4,6,8-11,15,17,19,22,28H,1,3,5,7,12-13H2,(H,25,30). The fourth-order valence-electron chi connectivity index (χ4n) is 4.16. The Kier molecular flexibility index (Phi) is 6.22. The average Bonchev–Trinajstić information content (AvgIpc) is 2.75. The first-order valence-electron chi connectivity index (χ1n) is 10.4. The normalized spacial score (nSPS) is 23.2. The molecule has 3 unspecified atom stereocenters. The lowest BCUT2D eigenvalue weighted by atomic mass is 9.92. The number of carbonyl (C=O) groups excluding carboxylic acids is 1. The number of hydrogen-bond donors (Lipinski definition) is 2. The van der Waals surface area contributed by atoms with Crippen LogP contribution in [0.4, 0.5) is 14.5 Å². The number of anilines is 1. The molecule has 3 atom stereocenters. The largest absolute Gasteiger partial charge is 0.477 e. The van der Waals surface area contributed by atoms with E-state index >= 15 is 0 Å². The van der Waals surface area contributed by atoms with Crippen LogP contribution in [0.15, 0.2) is 47.4 Å². The number of aromatic nitrogens is 1. The molecule has 0 saturated heterocycles. The SMILES string of the molecule is O=C(NC1CCCCC1O)C1CN(Cc2ccn(C(F)F)c(=O)c2)c2ccccc2O1. The summed E-state index contributed by atoms with van der Waals surface area (Å²) in [5, 5.41) is 13.1. The summed E-state index contributed by atoms with van der Waals surface area (Å²) >= 11 is 0. The van der Waals surface area contributed by atoms with Crippen LogP contribution in [-0.2, 0) is 11.3 Å². The van der Waals surface area contributed by atoms with Gasteiger partial charge in [0.2, 0.25) is 0 Å². The third-order valence-electron chi connectivity index (χ3n) is 5.81. The van der Waals surface area contributed by atoms with Crippen LogP contribution in [0, 0.1) is 0 Å². The van der Waals surface area contributed by atoms with Gasteiger partial charge in [0.1, 0.15) is 5.75 Å². The van der Waals surface area contributed by atoms with Gasteiger partial charge in [-0.25, -0.2) is 0 Å². The monoisotopic (exact) mass is 433 g/mol. The van der Waals surface area contributed by atoms with Crippen molar-refractivity contribution in [1.82, 2.24) is 9.88 Å². The Bertz CT molecular complexity index is 997. The number of carbonyl (C=O) groups is 1. The van der Waals surface area contributed by atoms with E-state index in [2.05, 4.69) is 5.32 Å². The van der Waals surface area contributed by atoms with Crippen LogP contribution < -0.4 is 20.5 Å². The average molecular weight is 433 g/mol. The molecule has 4 rings (SSSR count). The van der Waals surface area contributed by atoms with Crippen molar-refractivity contribution < 1.29 is 23.4 Å². The van der Waals surface area contributed by atoms with Crippen LogP contribution in [0.5, 0.6) is 5.75 Å². The highest BCUT2D eigenvalue weighted by Gasteiger charge is 2.33. The minimum atomic E-state index is -2.89. The molecule has 1 aromatic heterocycles. The fourth-order valence-corrected chi connectivity index (χ4v) is 4.16. The van der Waals surface area contributed by atoms with Gasteiger partial charge in [0.05, 0.1) is 24.4 Å². The minimum Gasteiger partial charge on any atom is -0.477 e. The van der Waals surface area contributed by atoms with Gasteiger partial charge in [-0.3, -0.25) is 14.2 Å². The third-order valence-corrected chi connectivity index (χ3v) is 5.81. The number of ether oxygens (including phenoxy) is 1. The van der Waals surface area contributed by atoms with Crippen molar-refractivity contribution >= 4 is 11.6 Å². The topological polar surface area (TPSA) is 83.8 Å². The van der Waals surface area contributed by atoms with E-state index in [0.29, 0.717) is 22.3 Å². The summed E-state index contributed by atoms with van der Waals surface area (Å²) in [5.41, 5.74) is 0.525. The second kappa shape index (κ2) is 9.05. The van der Waals surface area contributed by atoms with E-state index in [1.807, 2.05) is 17.0 Å². The summed E-state index contributed by atoms with van der Waals surface area (Å²) in [7, 11) is 0. The molecular weight excluding hydrogens is 408 g/mol. The highest BCUT2D eigenvalue weighted by Crippen LogP contribution is 2.34. The lowest BCUT2D eigenvalue weighted by Gasteiger charge is -2.37. The molecule has 9 heteroatoms. The van der Waals surface area contributed by atoms with E-state index in [9.17, 15) is 23.5 Å². The minimum absolute atomic E-state index is 0.226. The Morgan fingerprint density at radius 3 is 2.74 bits per heavy atom. The van der Waals surface area contributed by atoms with Crippen molar-refractivity contribution in [2.24, 2.45) is 0 Å². The maximum absolute atomic E-state index is 12.9. The lowest BCUT2D eigenvalue weighted by molar-refractivity contribution is -0.129. The second-order valence-corrected chi connectivity index (χ2v) is 7.98. The molecule has 1 aliphatic carbocycles. The Morgan fingerprint density at radius 1 is 1.23 bits per heavy atom. The van der Waals surface area contributed by atoms with Crippen molar-refractivity contribution in [2.75, 3.05) is 11.4 Å². The van der Waals surface area contributed by atoms with E-state index in [0.717, 1.165) is 31.1 Å². The summed E-state index contributed by atoms with van der Waals surface area (Å²) in [4.78, 5) is 26.7. The molecule has 0 radical (unpaired) electrons. The van der Waals surface area contributed by atoms with Crippen molar-refractivity contribution in [3.8, 4) is 5.75 Å². The van der Waals surface area contributed by atoms with E-state index in [1.165, 1.54) is 12.1 Å². The number of hydrogen-bond acceptors (Lipinski definition) is 5. The maximum Gasteiger partial charge on any atom is 0.321 e. The van der Waals surface area contributed by atoms with Gasteiger partial charge in [-0.15, -0.1) is 0 Å². The zero-order valence-electron chi connectivity index (χ0n) is 16.9. The van der Waals surface area contributed by atoms with Gasteiger partial charge in [-0.2, -0.15) is 8.78 Å². The molecule has 2 aromatic rings. The van der Waals surface area contributed by atoms with Crippen LogP contribution in [0.3, 0.4) is 0 Å². The van der Waals surface area contributed by atoms with Gasteiger partial charge in [-0.1, -0.05) is 25.0 Å². The summed E-state index contributed by atoms with van der Waals surface area (Å²) in [6, 6.07) is 9.59. The number of aliphatic hydroxyl groups excluding tert-OH is 1. The number of nitrogens with one attached hydrogen (secondary N) is 1. The molecule has 1 amide bonds. The molecular formula is C22H25F2N3O4. The third kappa shape index (κ3) is 4.71. The molecule has 1 saturated carbocycles. The smallest absolute Gasteiger partial charge is 0.321 e. The number of nitrogens with zero attached hydrogens (tertiary/aromatic N) is 2. The maximum atomic E-state index is 12.9. The number of alkyl halides is 2. The van der Waals surface area contributed by atoms with Crippen molar-refractivity contribution in [1.29, 1.82) is 0 Å². The zero-order chi connectivity index (χ0) is 22.0. The van der Waals surface area contributed by atoms with Gasteiger partial charge in [0.15, 0.2) is 6.10 Å². The van der Waals surface area contributed by atoms with Gasteiger partial charge in [0, 0.05) is 18.8 Å². The summed E-state index contributed by atoms with van der Waals surface area (Å²) in [6.07, 6.45) is 2.99. The predicted molar refractivity (Wildman–Crippen MR) is 110 cm³/mol. The molecule has 0 bridgehead atoms. The summed E-state index contributed by atoms with van der Waals surface area (Å²) in [6.45, 7) is -2.41. The molecule has 1 fully saturated rings. The highest BCUT2D eigenvalue weighted by atomic mass is 19.3. The zero-order valence-corrected chi connectivity index (χ0v) is 16.9. The molecule has 2 aliphatic rings. The predicted octanol–water partition coefficient (Wildman–Crippen LogP) is 2.43. The van der Waals surface area contributed by atoms with E-state index in [-0.39, 0.29) is 25.0 Å². The number of halogens is 2. The van der Waals surface area contributed by atoms with Gasteiger partial charge in [0.25, 0.3) is 11.5 Å². The molecule has 0 spiro atoms. The first-order valence-corrected chi connectivity index (χ1v) is 10.4. The van der Waals surface area contributed by atoms with Crippen LogP contribution in [0.2, 0.25) is 0 Å².